The van der Waals surface area contributed by atoms with Gasteiger partial charge in [0.15, 0.2) is 11.5 Å². The molecule has 0 saturated carbocycles. The van der Waals surface area contributed by atoms with E-state index < -0.39 is 0 Å². The van der Waals surface area contributed by atoms with Crippen molar-refractivity contribution < 1.29 is 19.4 Å². The van der Waals surface area contributed by atoms with E-state index in [1.165, 1.54) is 26.0 Å². The number of para-hydroxylation sites is 1. The number of thioether (sulfide) groups is 1. The number of aromatic hydroxyl groups is 1. The molecular weight excluding hydrogens is 402 g/mol. The SMILES string of the molecule is COc1cc([C@H]2S[C@H](C)C(=O)Nc3c2c(C)nn3-c2ccccc2)cc(OC)c1O. The number of aryl methyl sites for hydroxylation is 1. The number of benzene rings is 2. The molecule has 1 amide bonds. The second-order valence-corrected chi connectivity index (χ2v) is 8.47. The molecule has 0 aliphatic carbocycles. The van der Waals surface area contributed by atoms with E-state index in [2.05, 4.69) is 5.32 Å². The Morgan fingerprint density at radius 1 is 1.13 bits per heavy atom. The Morgan fingerprint density at radius 2 is 1.77 bits per heavy atom. The molecule has 2 atom stereocenters. The predicted molar refractivity (Wildman–Crippen MR) is 117 cm³/mol. The summed E-state index contributed by atoms with van der Waals surface area (Å²) >= 11 is 1.52. The molecule has 0 unspecified atom stereocenters. The average molecular weight is 426 g/mol. The van der Waals surface area contributed by atoms with Crippen LogP contribution in [0.25, 0.3) is 5.69 Å². The third-order valence-electron chi connectivity index (χ3n) is 5.13. The van der Waals surface area contributed by atoms with Gasteiger partial charge in [-0.05, 0) is 43.7 Å². The van der Waals surface area contributed by atoms with Gasteiger partial charge in [0, 0.05) is 5.56 Å². The van der Waals surface area contributed by atoms with Gasteiger partial charge in [-0.15, -0.1) is 11.8 Å². The summed E-state index contributed by atoms with van der Waals surface area (Å²) in [5, 5.41) is 17.6. The number of phenolic OH excluding ortho intramolecular Hbond substituents is 1. The Kier molecular flexibility index (Phi) is 5.34. The topological polar surface area (TPSA) is 85.6 Å². The van der Waals surface area contributed by atoms with E-state index in [1.54, 1.807) is 16.8 Å². The Balaban J connectivity index is 1.93. The van der Waals surface area contributed by atoms with Gasteiger partial charge in [-0.1, -0.05) is 18.2 Å². The average Bonchev–Trinajstić information content (AvgIpc) is 3.00. The molecule has 0 fully saturated rings. The van der Waals surface area contributed by atoms with Crippen LogP contribution in [0.3, 0.4) is 0 Å². The number of phenols is 1. The van der Waals surface area contributed by atoms with E-state index in [1.807, 2.05) is 44.2 Å². The van der Waals surface area contributed by atoms with E-state index in [4.69, 9.17) is 14.6 Å². The molecular formula is C22H23N3O4S. The van der Waals surface area contributed by atoms with E-state index >= 15 is 0 Å². The number of hydrogen-bond donors (Lipinski definition) is 2. The summed E-state index contributed by atoms with van der Waals surface area (Å²) in [4.78, 5) is 12.8. The van der Waals surface area contributed by atoms with Crippen LogP contribution < -0.4 is 14.8 Å². The highest BCUT2D eigenvalue weighted by Crippen LogP contribution is 2.49. The van der Waals surface area contributed by atoms with Crippen molar-refractivity contribution in [3.63, 3.8) is 0 Å². The molecule has 30 heavy (non-hydrogen) atoms. The number of hydrogen-bond acceptors (Lipinski definition) is 6. The summed E-state index contributed by atoms with van der Waals surface area (Å²) < 4.78 is 12.5. The van der Waals surface area contributed by atoms with Crippen molar-refractivity contribution in [3.05, 3.63) is 59.3 Å². The van der Waals surface area contributed by atoms with Crippen molar-refractivity contribution in [1.82, 2.24) is 9.78 Å². The lowest BCUT2D eigenvalue weighted by Crippen LogP contribution is -2.22. The molecule has 0 bridgehead atoms. The van der Waals surface area contributed by atoms with Gasteiger partial charge in [0.05, 0.1) is 36.1 Å². The van der Waals surface area contributed by atoms with Gasteiger partial charge in [0.1, 0.15) is 5.82 Å². The number of fused-ring (bicyclic) bond motifs is 1. The number of aromatic nitrogens is 2. The molecule has 2 heterocycles. The first-order valence-electron chi connectivity index (χ1n) is 9.50. The number of carbonyl (C=O) groups excluding carboxylic acids is 1. The lowest BCUT2D eigenvalue weighted by atomic mass is 10.0. The minimum absolute atomic E-state index is 0.0541. The van der Waals surface area contributed by atoms with Crippen LogP contribution >= 0.6 is 11.8 Å². The first-order valence-corrected chi connectivity index (χ1v) is 10.4. The fourth-order valence-electron chi connectivity index (χ4n) is 3.59. The largest absolute Gasteiger partial charge is 0.502 e. The molecule has 0 saturated heterocycles. The smallest absolute Gasteiger partial charge is 0.238 e. The Morgan fingerprint density at radius 3 is 2.37 bits per heavy atom. The molecule has 3 aromatic rings. The molecule has 156 valence electrons. The van der Waals surface area contributed by atoms with Crippen LogP contribution in [0, 0.1) is 6.92 Å². The summed E-state index contributed by atoms with van der Waals surface area (Å²) in [5.74, 6) is 1.14. The Bertz CT molecular complexity index is 1070. The molecule has 7 nitrogen and oxygen atoms in total. The third-order valence-corrected chi connectivity index (χ3v) is 6.53. The van der Waals surface area contributed by atoms with Crippen molar-refractivity contribution in [2.24, 2.45) is 0 Å². The summed E-state index contributed by atoms with van der Waals surface area (Å²) in [5.41, 5.74) is 3.44. The minimum Gasteiger partial charge on any atom is -0.502 e. The number of anilines is 1. The van der Waals surface area contributed by atoms with Crippen LogP contribution in [0.2, 0.25) is 0 Å². The van der Waals surface area contributed by atoms with Gasteiger partial charge in [-0.2, -0.15) is 5.10 Å². The normalized spacial score (nSPS) is 18.3. The fourth-order valence-corrected chi connectivity index (χ4v) is 4.89. The quantitative estimate of drug-likeness (QED) is 0.656. The molecule has 1 aromatic heterocycles. The van der Waals surface area contributed by atoms with E-state index in [9.17, 15) is 9.90 Å². The number of nitrogens with one attached hydrogen (secondary N) is 1. The van der Waals surface area contributed by atoms with Gasteiger partial charge in [-0.3, -0.25) is 4.79 Å². The van der Waals surface area contributed by atoms with E-state index in [0.717, 1.165) is 22.5 Å². The molecule has 8 heteroatoms. The first-order chi connectivity index (χ1) is 14.4. The molecule has 2 N–H and O–H groups in total. The van der Waals surface area contributed by atoms with Gasteiger partial charge < -0.3 is 19.9 Å². The Hall–Kier alpha value is -3.13. The van der Waals surface area contributed by atoms with Crippen LogP contribution in [0.5, 0.6) is 17.2 Å². The number of nitrogens with zero attached hydrogens (tertiary/aromatic N) is 2. The van der Waals surface area contributed by atoms with Crippen LogP contribution in [0.1, 0.15) is 29.0 Å². The predicted octanol–water partition coefficient (Wildman–Crippen LogP) is 4.07. The van der Waals surface area contributed by atoms with E-state index in [0.29, 0.717) is 17.3 Å². The molecule has 1 aliphatic rings. The molecule has 4 rings (SSSR count). The van der Waals surface area contributed by atoms with Crippen LogP contribution in [0.4, 0.5) is 5.82 Å². The van der Waals surface area contributed by atoms with Crippen molar-refractivity contribution in [3.8, 4) is 22.9 Å². The van der Waals surface area contributed by atoms with E-state index in [-0.39, 0.29) is 22.2 Å². The Labute approximate surface area is 179 Å². The highest BCUT2D eigenvalue weighted by molar-refractivity contribution is 8.01. The summed E-state index contributed by atoms with van der Waals surface area (Å²) in [6.45, 7) is 3.81. The second kappa shape index (κ2) is 7.95. The first kappa shape index (κ1) is 20.2. The number of amides is 1. The van der Waals surface area contributed by atoms with Crippen molar-refractivity contribution >= 4 is 23.5 Å². The summed E-state index contributed by atoms with van der Waals surface area (Å²) in [6.07, 6.45) is 0. The molecule has 2 aromatic carbocycles. The molecule has 1 aliphatic heterocycles. The van der Waals surface area contributed by atoms with Crippen LogP contribution in [0.15, 0.2) is 42.5 Å². The highest BCUT2D eigenvalue weighted by atomic mass is 32.2. The summed E-state index contributed by atoms with van der Waals surface area (Å²) in [6, 6.07) is 13.3. The fraction of sp³-hybridized carbons (Fsp3) is 0.273. The molecule has 0 radical (unpaired) electrons. The molecule has 0 spiro atoms. The maximum absolute atomic E-state index is 12.8. The monoisotopic (exact) mass is 425 g/mol. The van der Waals surface area contributed by atoms with Crippen molar-refractivity contribution in [1.29, 1.82) is 0 Å². The van der Waals surface area contributed by atoms with Gasteiger partial charge >= 0.3 is 0 Å². The van der Waals surface area contributed by atoms with Crippen molar-refractivity contribution in [2.75, 3.05) is 19.5 Å². The zero-order chi connectivity index (χ0) is 21.4. The number of rotatable bonds is 4. The maximum atomic E-state index is 12.8. The second-order valence-electron chi connectivity index (χ2n) is 7.02. The highest BCUT2D eigenvalue weighted by Gasteiger charge is 2.35. The zero-order valence-electron chi connectivity index (χ0n) is 17.2. The van der Waals surface area contributed by atoms with Crippen molar-refractivity contribution in [2.45, 2.75) is 24.3 Å². The van der Waals surface area contributed by atoms with Gasteiger partial charge in [0.25, 0.3) is 0 Å². The lowest BCUT2D eigenvalue weighted by molar-refractivity contribution is -0.115. The van der Waals surface area contributed by atoms with Crippen LogP contribution in [-0.4, -0.2) is 40.3 Å². The standard InChI is InChI=1S/C22H23N3O4S/c1-12-18-20(14-10-16(28-3)19(26)17(11-14)29-4)30-13(2)22(27)23-21(18)25(24-12)15-8-6-5-7-9-15/h5-11,13,20,26H,1-4H3,(H,23,27)/t13-,20-/m1/s1. The zero-order valence-corrected chi connectivity index (χ0v) is 18.0. The van der Waals surface area contributed by atoms with Gasteiger partial charge in [-0.25, -0.2) is 4.68 Å². The maximum Gasteiger partial charge on any atom is 0.238 e. The van der Waals surface area contributed by atoms with Crippen LogP contribution in [-0.2, 0) is 4.79 Å². The number of ether oxygens (including phenoxy) is 2. The number of carbonyl (C=O) groups is 1. The number of methoxy groups -OCH3 is 2. The lowest BCUT2D eigenvalue weighted by Gasteiger charge is -2.20. The summed E-state index contributed by atoms with van der Waals surface area (Å²) in [7, 11) is 2.99. The third kappa shape index (κ3) is 3.37. The van der Waals surface area contributed by atoms with Gasteiger partial charge in [0.2, 0.25) is 11.7 Å². The minimum atomic E-state index is -0.295.